The van der Waals surface area contributed by atoms with Crippen LogP contribution in [0.1, 0.15) is 67.0 Å². The van der Waals surface area contributed by atoms with Crippen molar-refractivity contribution in [2.75, 3.05) is 31.1 Å². The van der Waals surface area contributed by atoms with E-state index in [1.807, 2.05) is 0 Å². The molecule has 0 spiro atoms. The lowest BCUT2D eigenvalue weighted by atomic mass is 9.96. The lowest BCUT2D eigenvalue weighted by Gasteiger charge is -2.32. The lowest BCUT2D eigenvalue weighted by Crippen LogP contribution is -2.33. The number of likely N-dealkylation sites (tertiary alicyclic amines) is 1. The van der Waals surface area contributed by atoms with Gasteiger partial charge in [0, 0.05) is 49.5 Å². The van der Waals surface area contributed by atoms with E-state index in [-0.39, 0.29) is 18.0 Å². The number of aliphatic hydroxyl groups is 1. The van der Waals surface area contributed by atoms with Crippen LogP contribution in [0.2, 0.25) is 0 Å². The number of piperidine rings is 1. The van der Waals surface area contributed by atoms with E-state index in [4.69, 9.17) is 4.52 Å². The highest BCUT2D eigenvalue weighted by molar-refractivity contribution is 6.00. The molecule has 0 radical (unpaired) electrons. The Morgan fingerprint density at radius 2 is 1.93 bits per heavy atom. The number of amides is 1. The number of halogens is 2. The molecule has 1 atom stereocenters. The normalized spacial score (nSPS) is 18.0. The summed E-state index contributed by atoms with van der Waals surface area (Å²) in [5.74, 6) is 0.516. The molecule has 6 rings (SSSR count). The maximum Gasteiger partial charge on any atom is 0.256 e. The molecule has 11 heteroatoms. The number of hydrogen-bond acceptors (Lipinski definition) is 8. The largest absolute Gasteiger partial charge is 0.391 e. The zero-order valence-corrected chi connectivity index (χ0v) is 22.9. The van der Waals surface area contributed by atoms with Gasteiger partial charge in [-0.1, -0.05) is 24.6 Å². The van der Waals surface area contributed by atoms with Crippen LogP contribution in [0.3, 0.4) is 0 Å². The van der Waals surface area contributed by atoms with Crippen LogP contribution in [0, 0.1) is 11.6 Å². The Morgan fingerprint density at radius 1 is 1.10 bits per heavy atom. The zero-order chi connectivity index (χ0) is 28.5. The van der Waals surface area contributed by atoms with Crippen LogP contribution < -0.4 is 4.90 Å². The highest BCUT2D eigenvalue weighted by Crippen LogP contribution is 2.36. The van der Waals surface area contributed by atoms with Gasteiger partial charge in [0.05, 0.1) is 17.2 Å². The van der Waals surface area contributed by atoms with E-state index >= 15 is 4.39 Å². The number of benzene rings is 2. The van der Waals surface area contributed by atoms with Gasteiger partial charge < -0.3 is 19.4 Å². The predicted octanol–water partition coefficient (Wildman–Crippen LogP) is 4.89. The molecule has 4 heterocycles. The third kappa shape index (κ3) is 5.50. The van der Waals surface area contributed by atoms with Crippen molar-refractivity contribution in [2.45, 2.75) is 57.5 Å². The van der Waals surface area contributed by atoms with Crippen molar-refractivity contribution in [3.05, 3.63) is 65.6 Å². The average Bonchev–Trinajstić information content (AvgIpc) is 3.64. The van der Waals surface area contributed by atoms with Crippen molar-refractivity contribution in [2.24, 2.45) is 0 Å². The smallest absolute Gasteiger partial charge is 0.256 e. The molecular weight excluding hydrogens is 530 g/mol. The molecule has 214 valence electrons. The van der Waals surface area contributed by atoms with Crippen molar-refractivity contribution in [3.8, 4) is 11.1 Å². The number of nitrogens with zero attached hydrogens (tertiary/aromatic N) is 6. The molecule has 9 nitrogen and oxygen atoms in total. The van der Waals surface area contributed by atoms with E-state index in [1.165, 1.54) is 35.5 Å². The number of carbonyl (C=O) groups excluding carboxylic acids is 1. The molecular formula is C30H32F2N6O3. The van der Waals surface area contributed by atoms with Gasteiger partial charge in [0.25, 0.3) is 5.91 Å². The minimum atomic E-state index is -0.707. The fourth-order valence-corrected chi connectivity index (χ4v) is 5.75. The van der Waals surface area contributed by atoms with E-state index in [1.54, 1.807) is 6.07 Å². The zero-order valence-electron chi connectivity index (χ0n) is 22.9. The maximum absolute atomic E-state index is 15.2. The molecule has 1 N–H and O–H groups in total. The molecule has 0 unspecified atom stereocenters. The summed E-state index contributed by atoms with van der Waals surface area (Å²) in [5.41, 5.74) is 1.24. The first-order valence-corrected chi connectivity index (χ1v) is 14.2. The Bertz CT molecular complexity index is 1570. The number of rotatable bonds is 7. The average molecular weight is 563 g/mol. The van der Waals surface area contributed by atoms with Crippen LogP contribution in [-0.2, 0) is 6.42 Å². The van der Waals surface area contributed by atoms with Gasteiger partial charge in [-0.15, -0.1) is 0 Å². The Balaban J connectivity index is 1.24. The number of aromatic nitrogens is 4. The number of carbonyl (C=O) groups is 1. The highest BCUT2D eigenvalue weighted by Gasteiger charge is 2.29. The summed E-state index contributed by atoms with van der Waals surface area (Å²) in [6, 6.07) is 6.98. The molecule has 2 aromatic heterocycles. The summed E-state index contributed by atoms with van der Waals surface area (Å²) in [5, 5.41) is 14.4. The molecule has 2 aliphatic rings. The first-order valence-electron chi connectivity index (χ1n) is 14.2. The molecule has 0 saturated carbocycles. The summed E-state index contributed by atoms with van der Waals surface area (Å²) in [7, 11) is 0. The molecule has 41 heavy (non-hydrogen) atoms. The van der Waals surface area contributed by atoms with Gasteiger partial charge in [-0.3, -0.25) is 4.79 Å². The van der Waals surface area contributed by atoms with Crippen molar-refractivity contribution in [3.63, 3.8) is 0 Å². The van der Waals surface area contributed by atoms with E-state index in [0.29, 0.717) is 59.8 Å². The minimum absolute atomic E-state index is 0.0829. The van der Waals surface area contributed by atoms with Crippen molar-refractivity contribution < 1.29 is 23.2 Å². The summed E-state index contributed by atoms with van der Waals surface area (Å²) < 4.78 is 35.7. The minimum Gasteiger partial charge on any atom is -0.391 e. The van der Waals surface area contributed by atoms with Gasteiger partial charge in [0.1, 0.15) is 23.8 Å². The Labute approximate surface area is 236 Å². The van der Waals surface area contributed by atoms with Gasteiger partial charge >= 0.3 is 0 Å². The second-order valence-corrected chi connectivity index (χ2v) is 10.8. The number of β-amino-alcohol motifs (C(OH)–C–C–N with tert-alkyl or cyclic N) is 1. The van der Waals surface area contributed by atoms with Crippen LogP contribution in [0.15, 0.2) is 41.2 Å². The molecule has 2 aromatic carbocycles. The lowest BCUT2D eigenvalue weighted by molar-refractivity contribution is 0.0760. The standard InChI is InChI=1S/C30H32F2N6O3/c1-2-3-4-26-35-29(41-36-26)18-7-10-37(11-8-18)28-24-15-20(31)14-23(27(24)33-17-34-28)19-5-6-22(25(32)13-19)30(40)38-12-9-21(39)16-38/h5-6,13-15,17-18,21,39H,2-4,7-12,16H2,1H3/t21-/m1/s1. The molecule has 2 aliphatic heterocycles. The fraction of sp³-hybridized carbons (Fsp3) is 0.433. The van der Waals surface area contributed by atoms with Crippen LogP contribution >= 0.6 is 0 Å². The number of anilines is 1. The number of fused-ring (bicyclic) bond motifs is 1. The van der Waals surface area contributed by atoms with Gasteiger partial charge in [0.15, 0.2) is 5.82 Å². The van der Waals surface area contributed by atoms with E-state index < -0.39 is 23.6 Å². The monoisotopic (exact) mass is 562 g/mol. The predicted molar refractivity (Wildman–Crippen MR) is 149 cm³/mol. The third-order valence-electron chi connectivity index (χ3n) is 8.03. The number of aliphatic hydroxyl groups excluding tert-OH is 1. The Morgan fingerprint density at radius 3 is 2.66 bits per heavy atom. The van der Waals surface area contributed by atoms with Gasteiger partial charge in [0.2, 0.25) is 5.89 Å². The van der Waals surface area contributed by atoms with Crippen molar-refractivity contribution in [1.29, 1.82) is 0 Å². The Hall–Kier alpha value is -3.99. The van der Waals surface area contributed by atoms with Crippen LogP contribution in [0.4, 0.5) is 14.6 Å². The summed E-state index contributed by atoms with van der Waals surface area (Å²) in [4.78, 5) is 29.8. The SMILES string of the molecule is CCCCc1noc(C2CCN(c3ncnc4c(-c5ccc(C(=O)N6CC[C@@H](O)C6)c(F)c5)cc(F)cc34)CC2)n1. The maximum atomic E-state index is 15.2. The molecule has 0 bridgehead atoms. The van der Waals surface area contributed by atoms with Crippen LogP contribution in [0.25, 0.3) is 22.0 Å². The fourth-order valence-electron chi connectivity index (χ4n) is 5.75. The van der Waals surface area contributed by atoms with Gasteiger partial charge in [-0.25, -0.2) is 18.7 Å². The van der Waals surface area contributed by atoms with Crippen LogP contribution in [-0.4, -0.2) is 68.3 Å². The van der Waals surface area contributed by atoms with E-state index in [2.05, 4.69) is 31.9 Å². The second kappa shape index (κ2) is 11.5. The Kier molecular flexibility index (Phi) is 7.61. The summed E-state index contributed by atoms with van der Waals surface area (Å²) in [6.07, 6.45) is 5.80. The molecule has 2 saturated heterocycles. The molecule has 2 fully saturated rings. The number of unbranched alkanes of at least 4 members (excludes halogenated alkanes) is 1. The van der Waals surface area contributed by atoms with Crippen molar-refractivity contribution in [1.82, 2.24) is 25.0 Å². The first kappa shape index (κ1) is 27.2. The topological polar surface area (TPSA) is 108 Å². The quantitative estimate of drug-likeness (QED) is 0.339. The van der Waals surface area contributed by atoms with Crippen molar-refractivity contribution >= 4 is 22.6 Å². The highest BCUT2D eigenvalue weighted by atomic mass is 19.1. The summed E-state index contributed by atoms with van der Waals surface area (Å²) in [6.45, 7) is 4.03. The molecule has 1 amide bonds. The van der Waals surface area contributed by atoms with E-state index in [0.717, 1.165) is 37.9 Å². The number of aryl methyl sites for hydroxylation is 1. The first-order chi connectivity index (χ1) is 19.9. The molecule has 0 aliphatic carbocycles. The number of hydrogen-bond donors (Lipinski definition) is 1. The third-order valence-corrected chi connectivity index (χ3v) is 8.03. The van der Waals surface area contributed by atoms with E-state index in [9.17, 15) is 14.3 Å². The van der Waals surface area contributed by atoms with Gasteiger partial charge in [-0.2, -0.15) is 4.98 Å². The second-order valence-electron chi connectivity index (χ2n) is 10.8. The molecule has 4 aromatic rings. The summed E-state index contributed by atoms with van der Waals surface area (Å²) >= 11 is 0. The van der Waals surface area contributed by atoms with Crippen LogP contribution in [0.5, 0.6) is 0 Å². The van der Waals surface area contributed by atoms with Gasteiger partial charge in [-0.05, 0) is 55.5 Å².